The molecule has 4 rings (SSSR count). The number of halogens is 4. The van der Waals surface area contributed by atoms with Gasteiger partial charge in [0, 0.05) is 17.1 Å². The standard InChI is InChI=1S/C25H21Cl3FN3O3/c26-6-8-33-23-12-19-21(13-24(23)34-9-7-27)30-15-31-25(19)32-18-4-5-22(20(28)11-18)35-14-16-2-1-3-17(29)10-16/h1-5,10-13,15H,6-9,14H2,(H,30,31,32). The van der Waals surface area contributed by atoms with E-state index in [-0.39, 0.29) is 12.4 Å². The molecule has 4 aromatic rings. The fourth-order valence-corrected chi connectivity index (χ4v) is 3.70. The van der Waals surface area contributed by atoms with Crippen molar-refractivity contribution in [3.05, 3.63) is 77.3 Å². The number of nitrogens with one attached hydrogen (secondary N) is 1. The van der Waals surface area contributed by atoms with Crippen LogP contribution in [-0.4, -0.2) is 34.9 Å². The predicted octanol–water partition coefficient (Wildman–Crippen LogP) is 6.98. The lowest BCUT2D eigenvalue weighted by Gasteiger charge is -2.15. The van der Waals surface area contributed by atoms with Gasteiger partial charge in [0.25, 0.3) is 0 Å². The quantitative estimate of drug-likeness (QED) is 0.209. The fraction of sp³-hybridized carbons (Fsp3) is 0.200. The minimum absolute atomic E-state index is 0.194. The molecule has 0 aliphatic rings. The smallest absolute Gasteiger partial charge is 0.163 e. The summed E-state index contributed by atoms with van der Waals surface area (Å²) in [6.07, 6.45) is 1.45. The molecule has 0 atom stereocenters. The van der Waals surface area contributed by atoms with Crippen molar-refractivity contribution in [2.24, 2.45) is 0 Å². The van der Waals surface area contributed by atoms with Crippen LogP contribution in [0.2, 0.25) is 5.02 Å². The molecule has 1 heterocycles. The van der Waals surface area contributed by atoms with E-state index in [2.05, 4.69) is 15.3 Å². The minimum atomic E-state index is -0.317. The van der Waals surface area contributed by atoms with Crippen molar-refractivity contribution in [2.75, 3.05) is 30.3 Å². The first-order valence-electron chi connectivity index (χ1n) is 10.7. The Morgan fingerprint density at radius 1 is 0.829 bits per heavy atom. The van der Waals surface area contributed by atoms with Crippen LogP contribution in [0.1, 0.15) is 5.56 Å². The van der Waals surface area contributed by atoms with Gasteiger partial charge in [-0.05, 0) is 42.0 Å². The second kappa shape index (κ2) is 12.1. The molecule has 6 nitrogen and oxygen atoms in total. The van der Waals surface area contributed by atoms with Gasteiger partial charge in [0.05, 0.1) is 22.3 Å². The zero-order valence-corrected chi connectivity index (χ0v) is 20.7. The van der Waals surface area contributed by atoms with E-state index in [1.165, 1.54) is 18.5 Å². The van der Waals surface area contributed by atoms with E-state index in [1.54, 1.807) is 36.4 Å². The highest BCUT2D eigenvalue weighted by atomic mass is 35.5. The predicted molar refractivity (Wildman–Crippen MR) is 137 cm³/mol. The van der Waals surface area contributed by atoms with Gasteiger partial charge >= 0.3 is 0 Å². The molecule has 0 bridgehead atoms. The molecule has 10 heteroatoms. The highest BCUT2D eigenvalue weighted by Gasteiger charge is 2.13. The molecule has 182 valence electrons. The first-order valence-corrected chi connectivity index (χ1v) is 12.1. The number of rotatable bonds is 11. The van der Waals surface area contributed by atoms with Gasteiger partial charge in [0.15, 0.2) is 11.5 Å². The van der Waals surface area contributed by atoms with Crippen molar-refractivity contribution in [3.8, 4) is 17.2 Å². The molecule has 0 fully saturated rings. The molecule has 0 saturated heterocycles. The maximum Gasteiger partial charge on any atom is 0.163 e. The highest BCUT2D eigenvalue weighted by molar-refractivity contribution is 6.32. The van der Waals surface area contributed by atoms with Crippen LogP contribution < -0.4 is 19.5 Å². The van der Waals surface area contributed by atoms with E-state index in [1.807, 2.05) is 6.07 Å². The van der Waals surface area contributed by atoms with Gasteiger partial charge in [0.1, 0.15) is 43.5 Å². The number of benzene rings is 3. The Bertz CT molecular complexity index is 1310. The molecule has 35 heavy (non-hydrogen) atoms. The lowest BCUT2D eigenvalue weighted by Crippen LogP contribution is -2.05. The lowest BCUT2D eigenvalue weighted by molar-refractivity contribution is 0.291. The number of ether oxygens (including phenoxy) is 3. The molecule has 1 aromatic heterocycles. The lowest BCUT2D eigenvalue weighted by atomic mass is 10.2. The first-order chi connectivity index (χ1) is 17.1. The van der Waals surface area contributed by atoms with E-state index in [9.17, 15) is 4.39 Å². The molecular formula is C25H21Cl3FN3O3. The Kier molecular flexibility index (Phi) is 8.69. The van der Waals surface area contributed by atoms with Crippen LogP contribution in [0.3, 0.4) is 0 Å². The Balaban J connectivity index is 1.55. The van der Waals surface area contributed by atoms with Crippen molar-refractivity contribution >= 4 is 57.2 Å². The van der Waals surface area contributed by atoms with Crippen LogP contribution in [0.4, 0.5) is 15.9 Å². The van der Waals surface area contributed by atoms with Gasteiger partial charge in [-0.15, -0.1) is 23.2 Å². The summed E-state index contributed by atoms with van der Waals surface area (Å²) in [5.41, 5.74) is 2.06. The van der Waals surface area contributed by atoms with E-state index in [0.717, 1.165) is 5.39 Å². The second-order valence-corrected chi connectivity index (χ2v) is 8.47. The third-order valence-corrected chi connectivity index (χ3v) is 5.45. The van der Waals surface area contributed by atoms with E-state index >= 15 is 0 Å². The number of alkyl halides is 2. The molecule has 0 amide bonds. The van der Waals surface area contributed by atoms with E-state index < -0.39 is 0 Å². The van der Waals surface area contributed by atoms with Crippen LogP contribution in [0.25, 0.3) is 10.9 Å². The normalized spacial score (nSPS) is 10.9. The minimum Gasteiger partial charge on any atom is -0.488 e. The maximum atomic E-state index is 13.4. The van der Waals surface area contributed by atoms with E-state index in [4.69, 9.17) is 49.0 Å². The van der Waals surface area contributed by atoms with Crippen molar-refractivity contribution in [3.63, 3.8) is 0 Å². The number of fused-ring (bicyclic) bond motifs is 1. The number of nitrogens with zero attached hydrogens (tertiary/aromatic N) is 2. The summed E-state index contributed by atoms with van der Waals surface area (Å²) in [5.74, 6) is 2.42. The maximum absolute atomic E-state index is 13.4. The fourth-order valence-electron chi connectivity index (χ4n) is 3.31. The average Bonchev–Trinajstić information content (AvgIpc) is 2.86. The zero-order chi connectivity index (χ0) is 24.6. The SMILES string of the molecule is Fc1cccc(COc2ccc(Nc3ncnc4cc(OCCCl)c(OCCCl)cc34)cc2Cl)c1. The summed E-state index contributed by atoms with van der Waals surface area (Å²) in [5, 5.41) is 4.37. The monoisotopic (exact) mass is 535 g/mol. The van der Waals surface area contributed by atoms with Gasteiger partial charge in [-0.3, -0.25) is 0 Å². The summed E-state index contributed by atoms with van der Waals surface area (Å²) >= 11 is 18.0. The Morgan fingerprint density at radius 2 is 1.60 bits per heavy atom. The number of hydrogen-bond acceptors (Lipinski definition) is 6. The van der Waals surface area contributed by atoms with E-state index in [0.29, 0.717) is 69.8 Å². The van der Waals surface area contributed by atoms with Crippen LogP contribution in [0, 0.1) is 5.82 Å². The molecule has 0 aliphatic carbocycles. The van der Waals surface area contributed by atoms with Crippen molar-refractivity contribution in [1.29, 1.82) is 0 Å². The summed E-state index contributed by atoms with van der Waals surface area (Å²) in [4.78, 5) is 8.72. The number of aromatic nitrogens is 2. The Labute approximate surface area is 216 Å². The molecule has 1 N–H and O–H groups in total. The largest absolute Gasteiger partial charge is 0.488 e. The van der Waals surface area contributed by atoms with Crippen LogP contribution >= 0.6 is 34.8 Å². The molecule has 0 spiro atoms. The number of anilines is 2. The molecule has 3 aromatic carbocycles. The Hall–Kier alpha value is -3.00. The molecule has 0 radical (unpaired) electrons. The van der Waals surface area contributed by atoms with Crippen LogP contribution in [-0.2, 0) is 6.61 Å². The molecule has 0 saturated carbocycles. The Morgan fingerprint density at radius 3 is 2.31 bits per heavy atom. The highest BCUT2D eigenvalue weighted by Crippen LogP contribution is 2.36. The van der Waals surface area contributed by atoms with Gasteiger partial charge < -0.3 is 19.5 Å². The summed E-state index contributed by atoms with van der Waals surface area (Å²) in [6, 6.07) is 15.1. The van der Waals surface area contributed by atoms with Crippen molar-refractivity contribution in [2.45, 2.75) is 6.61 Å². The third-order valence-electron chi connectivity index (χ3n) is 4.85. The summed E-state index contributed by atoms with van der Waals surface area (Å²) in [7, 11) is 0. The second-order valence-electron chi connectivity index (χ2n) is 7.30. The number of hydrogen-bond donors (Lipinski definition) is 1. The molecule has 0 unspecified atom stereocenters. The first kappa shape index (κ1) is 25.1. The summed E-state index contributed by atoms with van der Waals surface area (Å²) < 4.78 is 30.6. The van der Waals surface area contributed by atoms with Gasteiger partial charge in [-0.25, -0.2) is 14.4 Å². The topological polar surface area (TPSA) is 65.5 Å². The van der Waals surface area contributed by atoms with Crippen molar-refractivity contribution < 1.29 is 18.6 Å². The molecular weight excluding hydrogens is 516 g/mol. The average molecular weight is 537 g/mol. The summed E-state index contributed by atoms with van der Waals surface area (Å²) in [6.45, 7) is 0.833. The van der Waals surface area contributed by atoms with Crippen LogP contribution in [0.15, 0.2) is 60.9 Å². The van der Waals surface area contributed by atoms with Gasteiger partial charge in [0.2, 0.25) is 0 Å². The van der Waals surface area contributed by atoms with Crippen molar-refractivity contribution in [1.82, 2.24) is 9.97 Å². The van der Waals surface area contributed by atoms with Crippen LogP contribution in [0.5, 0.6) is 17.2 Å². The molecule has 0 aliphatic heterocycles. The zero-order valence-electron chi connectivity index (χ0n) is 18.4. The van der Waals surface area contributed by atoms with Gasteiger partial charge in [-0.1, -0.05) is 23.7 Å². The van der Waals surface area contributed by atoms with Gasteiger partial charge in [-0.2, -0.15) is 0 Å². The third kappa shape index (κ3) is 6.57.